The monoisotopic (exact) mass is 490 g/mol. The molecule has 0 unspecified atom stereocenters. The number of thiophene rings is 2. The van der Waals surface area contributed by atoms with Crippen molar-refractivity contribution in [1.82, 2.24) is 14.9 Å². The van der Waals surface area contributed by atoms with Crippen molar-refractivity contribution in [3.05, 3.63) is 52.2 Å². The number of piperazine rings is 1. The Balaban J connectivity index is 1.30. The second kappa shape index (κ2) is 9.00. The molecule has 2 aliphatic rings. The summed E-state index contributed by atoms with van der Waals surface area (Å²) in [5, 5.41) is 3.14. The number of amides is 1. The van der Waals surface area contributed by atoms with Gasteiger partial charge in [-0.3, -0.25) is 4.79 Å². The molecule has 0 spiro atoms. The molecule has 1 saturated heterocycles. The van der Waals surface area contributed by atoms with Gasteiger partial charge >= 0.3 is 0 Å². The van der Waals surface area contributed by atoms with Crippen molar-refractivity contribution in [1.29, 1.82) is 0 Å². The van der Waals surface area contributed by atoms with Gasteiger partial charge in [0.25, 0.3) is 0 Å². The molecule has 0 N–H and O–H groups in total. The highest BCUT2D eigenvalue weighted by Gasteiger charge is 2.23. The van der Waals surface area contributed by atoms with E-state index in [2.05, 4.69) is 28.5 Å². The minimum Gasteiger partial charge on any atom is -0.438 e. The SMILES string of the molecule is CC(=O)N1CCN(c2ccc(Oc3nc(-c4cccs4)nc4sc5c(c34)CCCC5)cc2)CC1. The fourth-order valence-corrected chi connectivity index (χ4v) is 6.74. The van der Waals surface area contributed by atoms with Crippen LogP contribution >= 0.6 is 22.7 Å². The summed E-state index contributed by atoms with van der Waals surface area (Å²) in [6.07, 6.45) is 4.63. The highest BCUT2D eigenvalue weighted by molar-refractivity contribution is 7.19. The van der Waals surface area contributed by atoms with Crippen LogP contribution in [-0.4, -0.2) is 47.0 Å². The molecule has 4 aromatic rings. The molecule has 0 bridgehead atoms. The number of aryl methyl sites for hydroxylation is 2. The number of fused-ring (bicyclic) bond motifs is 3. The van der Waals surface area contributed by atoms with Crippen molar-refractivity contribution >= 4 is 44.5 Å². The van der Waals surface area contributed by atoms with Gasteiger partial charge in [0.2, 0.25) is 11.8 Å². The van der Waals surface area contributed by atoms with Crippen molar-refractivity contribution in [2.45, 2.75) is 32.6 Å². The lowest BCUT2D eigenvalue weighted by molar-refractivity contribution is -0.129. The van der Waals surface area contributed by atoms with Crippen molar-refractivity contribution in [3.63, 3.8) is 0 Å². The van der Waals surface area contributed by atoms with Gasteiger partial charge in [0.15, 0.2) is 5.82 Å². The lowest BCUT2D eigenvalue weighted by Crippen LogP contribution is -2.48. The standard InChI is InChI=1S/C26H26N4O2S2/c1-17(31)29-12-14-30(15-13-29)18-8-10-19(11-9-18)32-25-23-20-5-2-3-6-21(20)34-26(23)28-24(27-25)22-7-4-16-33-22/h4,7-11,16H,2-3,5-6,12-15H2,1H3. The van der Waals surface area contributed by atoms with Crippen LogP contribution in [0.3, 0.4) is 0 Å². The zero-order valence-corrected chi connectivity index (χ0v) is 20.8. The summed E-state index contributed by atoms with van der Waals surface area (Å²) in [4.78, 5) is 29.2. The van der Waals surface area contributed by atoms with Crippen molar-refractivity contribution in [3.8, 4) is 22.3 Å². The number of carbonyl (C=O) groups excluding carboxylic acids is 1. The van der Waals surface area contributed by atoms with Gasteiger partial charge in [0.1, 0.15) is 10.6 Å². The van der Waals surface area contributed by atoms with E-state index < -0.39 is 0 Å². The van der Waals surface area contributed by atoms with Crippen LogP contribution in [0.15, 0.2) is 41.8 Å². The first-order valence-corrected chi connectivity index (χ1v) is 13.5. The first kappa shape index (κ1) is 21.6. The average molecular weight is 491 g/mol. The van der Waals surface area contributed by atoms with E-state index >= 15 is 0 Å². The van der Waals surface area contributed by atoms with E-state index in [4.69, 9.17) is 14.7 Å². The summed E-state index contributed by atoms with van der Waals surface area (Å²) in [6.45, 7) is 4.86. The third kappa shape index (κ3) is 4.05. The van der Waals surface area contributed by atoms with Crippen LogP contribution in [0, 0.1) is 0 Å². The number of hydrogen-bond acceptors (Lipinski definition) is 7. The van der Waals surface area contributed by atoms with E-state index in [1.807, 2.05) is 23.1 Å². The maximum absolute atomic E-state index is 11.6. The molecular weight excluding hydrogens is 464 g/mol. The minimum absolute atomic E-state index is 0.150. The Morgan fingerprint density at radius 1 is 1.00 bits per heavy atom. The first-order chi connectivity index (χ1) is 16.7. The first-order valence-electron chi connectivity index (χ1n) is 11.8. The molecule has 1 aliphatic carbocycles. The van der Waals surface area contributed by atoms with Crippen LogP contribution in [0.5, 0.6) is 11.6 Å². The smallest absolute Gasteiger partial charge is 0.231 e. The Bertz CT molecular complexity index is 1320. The van der Waals surface area contributed by atoms with Gasteiger partial charge in [0.05, 0.1) is 10.3 Å². The molecule has 174 valence electrons. The van der Waals surface area contributed by atoms with E-state index in [1.165, 1.54) is 23.3 Å². The number of rotatable bonds is 4. The van der Waals surface area contributed by atoms with Gasteiger partial charge in [-0.15, -0.1) is 22.7 Å². The lowest BCUT2D eigenvalue weighted by Gasteiger charge is -2.35. The largest absolute Gasteiger partial charge is 0.438 e. The maximum Gasteiger partial charge on any atom is 0.231 e. The highest BCUT2D eigenvalue weighted by atomic mass is 32.1. The van der Waals surface area contributed by atoms with Crippen LogP contribution in [0.2, 0.25) is 0 Å². The van der Waals surface area contributed by atoms with Crippen LogP contribution in [-0.2, 0) is 17.6 Å². The topological polar surface area (TPSA) is 58.6 Å². The van der Waals surface area contributed by atoms with Crippen LogP contribution in [0.1, 0.15) is 30.2 Å². The molecule has 1 aliphatic heterocycles. The van der Waals surface area contributed by atoms with Crippen molar-refractivity contribution in [2.24, 2.45) is 0 Å². The molecule has 6 rings (SSSR count). The molecule has 1 aromatic carbocycles. The van der Waals surface area contributed by atoms with Gasteiger partial charge in [0, 0.05) is 43.7 Å². The Labute approximate surface area is 206 Å². The summed E-state index contributed by atoms with van der Waals surface area (Å²) < 4.78 is 6.43. The number of benzene rings is 1. The Hall–Kier alpha value is -2.97. The Kier molecular flexibility index (Phi) is 5.71. The normalized spacial score (nSPS) is 16.0. The summed E-state index contributed by atoms with van der Waals surface area (Å²) in [6, 6.07) is 12.3. The summed E-state index contributed by atoms with van der Waals surface area (Å²) >= 11 is 3.45. The summed E-state index contributed by atoms with van der Waals surface area (Å²) in [7, 11) is 0. The van der Waals surface area contributed by atoms with Gasteiger partial charge in [-0.05, 0) is 67.0 Å². The number of nitrogens with zero attached hydrogens (tertiary/aromatic N) is 4. The maximum atomic E-state index is 11.6. The molecule has 4 heterocycles. The molecule has 8 heteroatoms. The van der Waals surface area contributed by atoms with Crippen LogP contribution in [0.4, 0.5) is 5.69 Å². The molecule has 6 nitrogen and oxygen atoms in total. The number of hydrogen-bond donors (Lipinski definition) is 0. The molecule has 3 aromatic heterocycles. The molecule has 34 heavy (non-hydrogen) atoms. The zero-order valence-electron chi connectivity index (χ0n) is 19.1. The van der Waals surface area contributed by atoms with Gasteiger partial charge in [-0.1, -0.05) is 6.07 Å². The molecule has 1 fully saturated rings. The van der Waals surface area contributed by atoms with Crippen LogP contribution < -0.4 is 9.64 Å². The summed E-state index contributed by atoms with van der Waals surface area (Å²) in [5.41, 5.74) is 2.52. The van der Waals surface area contributed by atoms with Gasteiger partial charge in [-0.2, -0.15) is 4.98 Å². The van der Waals surface area contributed by atoms with Crippen LogP contribution in [0.25, 0.3) is 20.9 Å². The molecular formula is C26H26N4O2S2. The van der Waals surface area contributed by atoms with E-state index in [0.29, 0.717) is 5.88 Å². The van der Waals surface area contributed by atoms with Crippen molar-refractivity contribution in [2.75, 3.05) is 31.1 Å². The van der Waals surface area contributed by atoms with Gasteiger partial charge < -0.3 is 14.5 Å². The number of anilines is 1. The zero-order chi connectivity index (χ0) is 23.1. The predicted octanol–water partition coefficient (Wildman–Crippen LogP) is 5.76. The third-order valence-electron chi connectivity index (χ3n) is 6.66. The predicted molar refractivity (Wildman–Crippen MR) is 138 cm³/mol. The van der Waals surface area contributed by atoms with E-state index in [0.717, 1.165) is 71.4 Å². The lowest BCUT2D eigenvalue weighted by atomic mass is 9.97. The third-order valence-corrected chi connectivity index (χ3v) is 8.72. The number of carbonyl (C=O) groups is 1. The number of aromatic nitrogens is 2. The van der Waals surface area contributed by atoms with Crippen molar-refractivity contribution < 1.29 is 9.53 Å². The highest BCUT2D eigenvalue weighted by Crippen LogP contribution is 2.42. The molecule has 0 radical (unpaired) electrons. The van der Waals surface area contributed by atoms with Gasteiger partial charge in [-0.25, -0.2) is 4.98 Å². The minimum atomic E-state index is 0.150. The second-order valence-electron chi connectivity index (χ2n) is 8.81. The molecule has 0 saturated carbocycles. The second-order valence-corrected chi connectivity index (χ2v) is 10.8. The fraction of sp³-hybridized carbons (Fsp3) is 0.346. The molecule has 1 amide bonds. The number of ether oxygens (including phenoxy) is 1. The quantitative estimate of drug-likeness (QED) is 0.364. The Morgan fingerprint density at radius 3 is 2.53 bits per heavy atom. The van der Waals surface area contributed by atoms with E-state index in [1.54, 1.807) is 29.6 Å². The van der Waals surface area contributed by atoms with E-state index in [-0.39, 0.29) is 5.91 Å². The molecule has 0 atom stereocenters. The summed E-state index contributed by atoms with van der Waals surface area (Å²) in [5.74, 6) is 2.32. The average Bonchev–Trinajstić information content (AvgIpc) is 3.53. The Morgan fingerprint density at radius 2 is 1.79 bits per heavy atom. The fourth-order valence-electron chi connectivity index (χ4n) is 4.83. The van der Waals surface area contributed by atoms with E-state index in [9.17, 15) is 4.79 Å².